The fraction of sp³-hybridized carbons (Fsp3) is 0.780. The highest BCUT2D eigenvalue weighted by atomic mass is 16.9. The van der Waals surface area contributed by atoms with Gasteiger partial charge in [0.05, 0.1) is 31.7 Å². The summed E-state index contributed by atoms with van der Waals surface area (Å²) >= 11 is 0. The molecule has 0 aromatic carbocycles. The number of Topliss-reactive ketones (excluding diaryl/α,β-unsaturated/α-hetero) is 1. The van der Waals surface area contributed by atoms with E-state index < -0.39 is 128 Å². The van der Waals surface area contributed by atoms with E-state index in [1.54, 1.807) is 54.5 Å². The second kappa shape index (κ2) is 12.3. The number of furan rings is 1. The number of hydrogen-bond acceptors (Lipinski definition) is 15. The molecular formula is C41H56O15. The van der Waals surface area contributed by atoms with Gasteiger partial charge in [0, 0.05) is 60.5 Å². The van der Waals surface area contributed by atoms with E-state index in [0.717, 1.165) is 0 Å². The van der Waals surface area contributed by atoms with Crippen molar-refractivity contribution in [2.24, 2.45) is 45.8 Å². The number of rotatable bonds is 9. The molecule has 1 aromatic heterocycles. The van der Waals surface area contributed by atoms with Crippen molar-refractivity contribution in [2.75, 3.05) is 14.2 Å². The Morgan fingerprint density at radius 3 is 2.16 bits per heavy atom. The van der Waals surface area contributed by atoms with E-state index in [0.29, 0.717) is 5.56 Å². The van der Waals surface area contributed by atoms with E-state index in [1.807, 2.05) is 6.92 Å². The predicted octanol–water partition coefficient (Wildman–Crippen LogP) is 4.22. The number of epoxide rings is 1. The first-order valence-corrected chi connectivity index (χ1v) is 19.4. The molecule has 3 aliphatic carbocycles. The monoisotopic (exact) mass is 788 g/mol. The summed E-state index contributed by atoms with van der Waals surface area (Å²) in [5.74, 6) is -10.7. The number of ketones is 1. The summed E-state index contributed by atoms with van der Waals surface area (Å²) in [6.07, 6.45) is -1.34. The number of esters is 4. The van der Waals surface area contributed by atoms with Crippen molar-refractivity contribution in [3.63, 3.8) is 0 Å². The Labute approximate surface area is 326 Å². The summed E-state index contributed by atoms with van der Waals surface area (Å²) in [6, 6.07) is 1.65. The molecular weight excluding hydrogens is 732 g/mol. The van der Waals surface area contributed by atoms with Crippen LogP contribution in [0.2, 0.25) is 0 Å². The van der Waals surface area contributed by atoms with Gasteiger partial charge in [0.2, 0.25) is 0 Å². The van der Waals surface area contributed by atoms with Gasteiger partial charge in [-0.15, -0.1) is 0 Å². The highest BCUT2D eigenvalue weighted by molar-refractivity contribution is 6.02. The molecule has 7 rings (SSSR count). The second-order valence-electron chi connectivity index (χ2n) is 18.7. The van der Waals surface area contributed by atoms with E-state index in [-0.39, 0.29) is 12.8 Å². The Morgan fingerprint density at radius 2 is 1.64 bits per heavy atom. The maximum Gasteiger partial charge on any atom is 0.341 e. The van der Waals surface area contributed by atoms with Crippen LogP contribution in [0.25, 0.3) is 0 Å². The quantitative estimate of drug-likeness (QED) is 0.162. The van der Waals surface area contributed by atoms with Crippen molar-refractivity contribution in [3.8, 4) is 0 Å². The molecule has 6 fully saturated rings. The maximum atomic E-state index is 14.8. The van der Waals surface area contributed by atoms with Crippen LogP contribution in [-0.4, -0.2) is 95.7 Å². The van der Waals surface area contributed by atoms with Crippen LogP contribution in [0, 0.1) is 45.8 Å². The summed E-state index contributed by atoms with van der Waals surface area (Å²) < 4.78 is 55.9. The molecule has 15 heteroatoms. The fourth-order valence-electron chi connectivity index (χ4n) is 12.4. The Kier molecular flexibility index (Phi) is 8.98. The van der Waals surface area contributed by atoms with Gasteiger partial charge in [-0.3, -0.25) is 19.2 Å². The molecule has 1 N–H and O–H groups in total. The SMILES string of the molecule is COC(=O)[C@H]1C(C)(C)[C@@H](OC(=O)[C@]2(C)O[C@H]2C)[C@]23O[C@](C)(OC)O[C@@H]2[C@]24OC(=O)[C@@H](C(=O)C(C)C)[C@H]2[C@](C)([C@H](OC(C)=O)c2ccoc2)CC[C@@H]4[C@@]1(C)[C@@]3(C)O. The molecule has 3 saturated carbocycles. The van der Waals surface area contributed by atoms with Crippen LogP contribution in [0.5, 0.6) is 0 Å². The highest BCUT2D eigenvalue weighted by Crippen LogP contribution is 2.80. The lowest BCUT2D eigenvalue weighted by Gasteiger charge is -2.76. The van der Waals surface area contributed by atoms with Crippen molar-refractivity contribution < 1.29 is 71.4 Å². The minimum absolute atomic E-state index is 0.169. The van der Waals surface area contributed by atoms with Crippen molar-refractivity contribution in [1.82, 2.24) is 0 Å². The second-order valence-corrected chi connectivity index (χ2v) is 18.7. The van der Waals surface area contributed by atoms with Crippen LogP contribution >= 0.6 is 0 Å². The van der Waals surface area contributed by atoms with Crippen LogP contribution in [0.4, 0.5) is 0 Å². The van der Waals surface area contributed by atoms with E-state index in [9.17, 15) is 29.1 Å². The van der Waals surface area contributed by atoms with Gasteiger partial charge < -0.3 is 47.4 Å². The normalized spacial score (nSPS) is 47.5. The lowest BCUT2D eigenvalue weighted by Crippen LogP contribution is -2.91. The zero-order chi connectivity index (χ0) is 41.6. The van der Waals surface area contributed by atoms with Gasteiger partial charge in [0.15, 0.2) is 11.2 Å². The fourth-order valence-corrected chi connectivity index (χ4v) is 12.4. The van der Waals surface area contributed by atoms with Crippen molar-refractivity contribution in [2.45, 2.75) is 142 Å². The number of hydrogen-bond donors (Lipinski definition) is 1. The van der Waals surface area contributed by atoms with E-state index in [1.165, 1.54) is 47.5 Å². The summed E-state index contributed by atoms with van der Waals surface area (Å²) in [4.78, 5) is 71.1. The average Bonchev–Trinajstić information content (AvgIpc) is 3.51. The topological polar surface area (TPSA) is 196 Å². The molecule has 1 aromatic rings. The molecule has 15 atom stereocenters. The van der Waals surface area contributed by atoms with Gasteiger partial charge in [0.1, 0.15) is 41.2 Å². The number of methoxy groups -OCH3 is 2. The third-order valence-corrected chi connectivity index (χ3v) is 15.2. The first kappa shape index (κ1) is 40.8. The van der Waals surface area contributed by atoms with Crippen LogP contribution in [0.15, 0.2) is 23.0 Å². The van der Waals surface area contributed by atoms with Crippen LogP contribution in [-0.2, 0) is 61.9 Å². The van der Waals surface area contributed by atoms with Gasteiger partial charge in [-0.1, -0.05) is 41.5 Å². The third-order valence-electron chi connectivity index (χ3n) is 15.2. The zero-order valence-corrected chi connectivity index (χ0v) is 34.5. The van der Waals surface area contributed by atoms with Crippen molar-refractivity contribution in [3.05, 3.63) is 24.2 Å². The minimum atomic E-state index is -2.17. The largest absolute Gasteiger partial charge is 0.472 e. The number of carbonyl (C=O) groups is 5. The molecule has 2 spiro atoms. The van der Waals surface area contributed by atoms with E-state index in [2.05, 4.69) is 0 Å². The molecule has 56 heavy (non-hydrogen) atoms. The molecule has 0 amide bonds. The van der Waals surface area contributed by atoms with Gasteiger partial charge >= 0.3 is 23.9 Å². The summed E-state index contributed by atoms with van der Waals surface area (Å²) in [5, 5.41) is 13.6. The number of aliphatic hydroxyl groups is 1. The molecule has 15 nitrogen and oxygen atoms in total. The first-order chi connectivity index (χ1) is 25.8. The Balaban J connectivity index is 1.60. The molecule has 0 unspecified atom stereocenters. The van der Waals surface area contributed by atoms with Crippen molar-refractivity contribution in [1.29, 1.82) is 0 Å². The molecule has 3 saturated heterocycles. The maximum absolute atomic E-state index is 14.8. The predicted molar refractivity (Wildman–Crippen MR) is 191 cm³/mol. The smallest absolute Gasteiger partial charge is 0.341 e. The number of ether oxygens (including phenoxy) is 8. The summed E-state index contributed by atoms with van der Waals surface area (Å²) in [5.41, 5.74) is -11.4. The average molecular weight is 789 g/mol. The Bertz CT molecular complexity index is 1840. The Morgan fingerprint density at radius 1 is 1.00 bits per heavy atom. The molecule has 310 valence electrons. The summed E-state index contributed by atoms with van der Waals surface area (Å²) in [6.45, 7) is 18.0. The van der Waals surface area contributed by atoms with Gasteiger partial charge in [-0.2, -0.15) is 0 Å². The molecule has 2 bridgehead atoms. The minimum Gasteiger partial charge on any atom is -0.472 e. The van der Waals surface area contributed by atoms with Crippen LogP contribution in [0.3, 0.4) is 0 Å². The van der Waals surface area contributed by atoms with E-state index >= 15 is 0 Å². The Hall–Kier alpha value is -3.37. The van der Waals surface area contributed by atoms with E-state index in [4.69, 9.17) is 42.3 Å². The summed E-state index contributed by atoms with van der Waals surface area (Å²) in [7, 11) is 2.58. The zero-order valence-electron chi connectivity index (χ0n) is 34.5. The number of carbonyl (C=O) groups excluding carboxylic acids is 5. The molecule has 0 radical (unpaired) electrons. The van der Waals surface area contributed by atoms with Gasteiger partial charge in [-0.05, 0) is 39.7 Å². The standard InChI is InChI=1S/C41H56O15/c1-19(2)25(43)24-26-35(7,28(51-21(4)42)22-15-17-50-18-22)16-14-23-36(8)27(30(45)48-12)34(5,6)31(52-33(46)37(9)20(3)53-37)41(38(36,10)47)32(40(23,26)54-29(24)44)55-39(11,49-13)56-41/h15,17-20,23-24,26-28,31-32,47H,14,16H2,1-13H3/t20-,23+,24-,26-,27-,28+,31+,32+,35+,36+,37+,38+,39+,40+,41-/m0/s1. The van der Waals surface area contributed by atoms with Crippen LogP contribution < -0.4 is 0 Å². The third kappa shape index (κ3) is 4.77. The van der Waals surface area contributed by atoms with Gasteiger partial charge in [-0.25, -0.2) is 4.79 Å². The first-order valence-electron chi connectivity index (χ1n) is 19.4. The van der Waals surface area contributed by atoms with Crippen LogP contribution in [0.1, 0.15) is 101 Å². The number of fused-ring (bicyclic) bond motifs is 2. The highest BCUT2D eigenvalue weighted by Gasteiger charge is 2.94. The molecule has 3 aliphatic heterocycles. The van der Waals surface area contributed by atoms with Crippen molar-refractivity contribution >= 4 is 29.7 Å². The van der Waals surface area contributed by atoms with Gasteiger partial charge in [0.25, 0.3) is 5.97 Å². The lowest BCUT2D eigenvalue weighted by atomic mass is 9.31. The molecule has 6 aliphatic rings. The molecule has 4 heterocycles. The lowest BCUT2D eigenvalue weighted by molar-refractivity contribution is -0.407.